The van der Waals surface area contributed by atoms with Gasteiger partial charge in [-0.15, -0.1) is 16.9 Å². The number of carboxylic acids is 1. The summed E-state index contributed by atoms with van der Waals surface area (Å²) in [5, 5.41) is 20.3. The summed E-state index contributed by atoms with van der Waals surface area (Å²) in [6.07, 6.45) is 0. The Balaban J connectivity index is 1.78. The first kappa shape index (κ1) is 16.3. The van der Waals surface area contributed by atoms with E-state index in [1.165, 1.54) is 28.4 Å². The summed E-state index contributed by atoms with van der Waals surface area (Å²) in [5.41, 5.74) is 7.18. The number of rotatable bonds is 6. The quantitative estimate of drug-likeness (QED) is 0.460. The topological polar surface area (TPSA) is 134 Å². The maximum Gasteiger partial charge on any atom is 0.352 e. The van der Waals surface area contributed by atoms with Crippen molar-refractivity contribution in [2.75, 3.05) is 18.6 Å². The lowest BCUT2D eigenvalue weighted by Crippen LogP contribution is -2.68. The standard InChI is InChI=1S/C12H15N5O4S2/c1-21-2-6-9(15-16-14-6)22-3-5-4-23-11-7(13)10(18)17(11)8(5)12(19)20/h7,11H,2-4,13H2,1H3,(H,19,20)(H,14,15,16)/t7?,11-/m0/s1. The van der Waals surface area contributed by atoms with Crippen molar-refractivity contribution < 1.29 is 19.4 Å². The average Bonchev–Trinajstić information content (AvgIpc) is 2.98. The van der Waals surface area contributed by atoms with Gasteiger partial charge < -0.3 is 15.6 Å². The molecule has 0 saturated carbocycles. The smallest absolute Gasteiger partial charge is 0.352 e. The molecular formula is C12H15N5O4S2. The summed E-state index contributed by atoms with van der Waals surface area (Å²) in [6.45, 7) is 0.344. The summed E-state index contributed by atoms with van der Waals surface area (Å²) >= 11 is 2.84. The minimum absolute atomic E-state index is 0.0461. The van der Waals surface area contributed by atoms with Crippen LogP contribution < -0.4 is 5.73 Å². The maximum atomic E-state index is 11.9. The molecule has 1 fully saturated rings. The highest BCUT2D eigenvalue weighted by Crippen LogP contribution is 2.40. The lowest BCUT2D eigenvalue weighted by atomic mass is 10.0. The Labute approximate surface area is 140 Å². The highest BCUT2D eigenvalue weighted by Gasteiger charge is 2.51. The van der Waals surface area contributed by atoms with Crippen molar-refractivity contribution in [3.63, 3.8) is 0 Å². The van der Waals surface area contributed by atoms with Gasteiger partial charge in [-0.1, -0.05) is 17.0 Å². The number of β-lactam (4-membered cyclic amide) rings is 1. The van der Waals surface area contributed by atoms with E-state index in [2.05, 4.69) is 15.4 Å². The van der Waals surface area contributed by atoms with Gasteiger partial charge in [-0.2, -0.15) is 0 Å². The number of nitrogens with two attached hydrogens (primary N) is 1. The number of ether oxygens (including phenoxy) is 1. The molecule has 3 rings (SSSR count). The van der Waals surface area contributed by atoms with Crippen LogP contribution in [0, 0.1) is 0 Å². The number of nitrogens with zero attached hydrogens (tertiary/aromatic N) is 3. The van der Waals surface area contributed by atoms with Crippen LogP contribution in [0.2, 0.25) is 0 Å². The third-order valence-electron chi connectivity index (χ3n) is 3.55. The normalized spacial score (nSPS) is 23.7. The molecule has 4 N–H and O–H groups in total. The number of methoxy groups -OCH3 is 1. The van der Waals surface area contributed by atoms with E-state index in [0.717, 1.165) is 5.69 Å². The Morgan fingerprint density at radius 2 is 2.43 bits per heavy atom. The third-order valence-corrected chi connectivity index (χ3v) is 6.00. The molecule has 0 aliphatic carbocycles. The predicted octanol–water partition coefficient (Wildman–Crippen LogP) is -0.376. The minimum Gasteiger partial charge on any atom is -0.477 e. The number of hydrogen-bond donors (Lipinski definition) is 3. The van der Waals surface area contributed by atoms with Crippen LogP contribution in [0.3, 0.4) is 0 Å². The molecule has 9 nitrogen and oxygen atoms in total. The molecule has 1 amide bonds. The Morgan fingerprint density at radius 1 is 1.65 bits per heavy atom. The number of carbonyl (C=O) groups is 2. The molecule has 0 spiro atoms. The van der Waals surface area contributed by atoms with Crippen LogP contribution in [-0.2, 0) is 20.9 Å². The number of carbonyl (C=O) groups excluding carboxylic acids is 1. The Bertz CT molecular complexity index is 676. The van der Waals surface area contributed by atoms with E-state index in [0.29, 0.717) is 28.7 Å². The average molecular weight is 357 g/mol. The van der Waals surface area contributed by atoms with Crippen molar-refractivity contribution in [3.8, 4) is 0 Å². The van der Waals surface area contributed by atoms with Crippen LogP contribution in [0.1, 0.15) is 5.69 Å². The van der Waals surface area contributed by atoms with Gasteiger partial charge in [-0.3, -0.25) is 14.8 Å². The number of aromatic nitrogens is 3. The zero-order valence-electron chi connectivity index (χ0n) is 12.2. The van der Waals surface area contributed by atoms with Gasteiger partial charge in [0.1, 0.15) is 22.1 Å². The zero-order valence-corrected chi connectivity index (χ0v) is 13.8. The first-order chi connectivity index (χ1) is 11.0. The lowest BCUT2D eigenvalue weighted by Gasteiger charge is -2.48. The van der Waals surface area contributed by atoms with Crippen LogP contribution in [-0.4, -0.2) is 67.3 Å². The Morgan fingerprint density at radius 3 is 3.13 bits per heavy atom. The van der Waals surface area contributed by atoms with Crippen LogP contribution in [0.4, 0.5) is 0 Å². The molecule has 2 aliphatic rings. The van der Waals surface area contributed by atoms with Crippen molar-refractivity contribution in [2.45, 2.75) is 23.0 Å². The number of nitrogens with one attached hydrogen (secondary N) is 1. The second-order valence-electron chi connectivity index (χ2n) is 5.01. The highest BCUT2D eigenvalue weighted by molar-refractivity contribution is 8.01. The summed E-state index contributed by atoms with van der Waals surface area (Å²) in [4.78, 5) is 24.7. The number of amides is 1. The summed E-state index contributed by atoms with van der Waals surface area (Å²) in [5.74, 6) is -0.523. The van der Waals surface area contributed by atoms with Crippen LogP contribution in [0.15, 0.2) is 16.3 Å². The van der Waals surface area contributed by atoms with E-state index in [4.69, 9.17) is 10.5 Å². The van der Waals surface area contributed by atoms with Gasteiger partial charge >= 0.3 is 5.97 Å². The van der Waals surface area contributed by atoms with Gasteiger partial charge in [0.25, 0.3) is 0 Å². The van der Waals surface area contributed by atoms with Crippen LogP contribution in [0.5, 0.6) is 0 Å². The molecule has 0 bridgehead atoms. The number of hydrogen-bond acceptors (Lipinski definition) is 8. The van der Waals surface area contributed by atoms with E-state index < -0.39 is 12.0 Å². The molecule has 124 valence electrons. The van der Waals surface area contributed by atoms with E-state index in [1.807, 2.05) is 0 Å². The Hall–Kier alpha value is -1.56. The minimum atomic E-state index is -1.11. The van der Waals surface area contributed by atoms with Gasteiger partial charge in [0, 0.05) is 18.6 Å². The molecule has 23 heavy (non-hydrogen) atoms. The number of aliphatic carboxylic acids is 1. The van der Waals surface area contributed by atoms with Crippen molar-refractivity contribution in [3.05, 3.63) is 17.0 Å². The summed E-state index contributed by atoms with van der Waals surface area (Å²) in [6, 6.07) is -0.618. The molecule has 1 aromatic heterocycles. The molecule has 1 saturated heterocycles. The van der Waals surface area contributed by atoms with Crippen molar-refractivity contribution >= 4 is 35.4 Å². The van der Waals surface area contributed by atoms with Crippen molar-refractivity contribution in [1.82, 2.24) is 20.3 Å². The molecule has 0 radical (unpaired) electrons. The van der Waals surface area contributed by atoms with E-state index in [9.17, 15) is 14.7 Å². The first-order valence-electron chi connectivity index (χ1n) is 6.71. The summed E-state index contributed by atoms with van der Waals surface area (Å²) in [7, 11) is 1.57. The largest absolute Gasteiger partial charge is 0.477 e. The molecule has 1 unspecified atom stereocenters. The maximum absolute atomic E-state index is 11.9. The lowest BCUT2D eigenvalue weighted by molar-refractivity contribution is -0.147. The van der Waals surface area contributed by atoms with Crippen molar-refractivity contribution in [1.29, 1.82) is 0 Å². The molecule has 2 aliphatic heterocycles. The van der Waals surface area contributed by atoms with E-state index in [-0.39, 0.29) is 17.0 Å². The van der Waals surface area contributed by atoms with E-state index >= 15 is 0 Å². The number of carboxylic acid groups (broad SMARTS) is 1. The van der Waals surface area contributed by atoms with E-state index in [1.54, 1.807) is 7.11 Å². The third kappa shape index (κ3) is 2.84. The van der Waals surface area contributed by atoms with Gasteiger partial charge in [-0.25, -0.2) is 4.79 Å². The molecule has 0 aromatic carbocycles. The van der Waals surface area contributed by atoms with Gasteiger partial charge in [0.05, 0.1) is 12.3 Å². The van der Waals surface area contributed by atoms with Gasteiger partial charge in [0.2, 0.25) is 5.91 Å². The fraction of sp³-hybridized carbons (Fsp3) is 0.500. The zero-order chi connectivity index (χ0) is 16.6. The van der Waals surface area contributed by atoms with Gasteiger partial charge in [0.15, 0.2) is 0 Å². The van der Waals surface area contributed by atoms with Crippen LogP contribution >= 0.6 is 23.5 Å². The second-order valence-corrected chi connectivity index (χ2v) is 7.08. The van der Waals surface area contributed by atoms with Crippen molar-refractivity contribution in [2.24, 2.45) is 5.73 Å². The predicted molar refractivity (Wildman–Crippen MR) is 83.5 cm³/mol. The molecule has 2 atom stereocenters. The Kier molecular flexibility index (Phi) is 4.62. The number of H-pyrrole nitrogens is 1. The number of thioether (sulfide) groups is 2. The first-order valence-corrected chi connectivity index (χ1v) is 8.75. The molecular weight excluding hydrogens is 342 g/mol. The number of fused-ring (bicyclic) bond motifs is 1. The summed E-state index contributed by atoms with van der Waals surface area (Å²) < 4.78 is 5.04. The number of aromatic amines is 1. The monoisotopic (exact) mass is 357 g/mol. The second kappa shape index (κ2) is 6.51. The molecule has 3 heterocycles. The SMILES string of the molecule is COCc1[nH]nnc1SCC1=C(C(=O)O)N2C(=O)C(N)[C@@H]2SC1. The fourth-order valence-electron chi connectivity index (χ4n) is 2.44. The van der Waals surface area contributed by atoms with Crippen LogP contribution in [0.25, 0.3) is 0 Å². The van der Waals surface area contributed by atoms with Gasteiger partial charge in [-0.05, 0) is 5.57 Å². The highest BCUT2D eigenvalue weighted by atomic mass is 32.2. The molecule has 11 heteroatoms. The fourth-order valence-corrected chi connectivity index (χ4v) is 4.79. The molecule has 1 aromatic rings.